The van der Waals surface area contributed by atoms with Crippen LogP contribution in [0.25, 0.3) is 0 Å². The third-order valence-corrected chi connectivity index (χ3v) is 3.24. The predicted octanol–water partition coefficient (Wildman–Crippen LogP) is 4.88. The highest BCUT2D eigenvalue weighted by molar-refractivity contribution is 9.10. The van der Waals surface area contributed by atoms with Crippen LogP contribution in [0.3, 0.4) is 0 Å². The van der Waals surface area contributed by atoms with E-state index in [0.29, 0.717) is 4.47 Å². The number of hydrogen-bond acceptors (Lipinski definition) is 4. The minimum absolute atomic E-state index is 0.0907. The molecular weight excluding hydrogens is 421 g/mol. The fraction of sp³-hybridized carbons (Fsp3) is 0.0833. The first-order chi connectivity index (χ1) is 9.74. The molecule has 1 aromatic carbocycles. The van der Waals surface area contributed by atoms with Crippen LogP contribution < -0.4 is 15.2 Å². The molecule has 2 N–H and O–H groups in total. The third-order valence-electron chi connectivity index (χ3n) is 2.19. The molecule has 0 radical (unpaired) electrons. The van der Waals surface area contributed by atoms with Crippen LogP contribution >= 0.6 is 31.9 Å². The van der Waals surface area contributed by atoms with Crippen LogP contribution in [0.5, 0.6) is 17.4 Å². The summed E-state index contributed by atoms with van der Waals surface area (Å²) in [6.45, 7) is 0. The van der Waals surface area contributed by atoms with E-state index in [0.717, 1.165) is 6.07 Å². The third kappa shape index (κ3) is 4.50. The van der Waals surface area contributed by atoms with Crippen molar-refractivity contribution >= 4 is 37.5 Å². The van der Waals surface area contributed by atoms with E-state index in [9.17, 15) is 13.2 Å². The normalized spacial score (nSPS) is 11.3. The number of rotatable bonds is 3. The van der Waals surface area contributed by atoms with Crippen molar-refractivity contribution in [2.45, 2.75) is 6.36 Å². The number of halogens is 5. The first-order valence-corrected chi connectivity index (χ1v) is 6.97. The maximum atomic E-state index is 12.2. The number of nitrogens with two attached hydrogens (primary N) is 1. The number of nitrogens with zero attached hydrogens (tertiary/aromatic N) is 1. The van der Waals surface area contributed by atoms with Crippen LogP contribution in [-0.2, 0) is 0 Å². The van der Waals surface area contributed by atoms with Crippen LogP contribution in [0.4, 0.5) is 18.9 Å². The van der Waals surface area contributed by atoms with E-state index in [4.69, 9.17) is 10.5 Å². The molecule has 0 aliphatic heterocycles. The Bertz CT molecular complexity index is 665. The van der Waals surface area contributed by atoms with Gasteiger partial charge in [-0.25, -0.2) is 4.98 Å². The molecule has 0 saturated carbocycles. The molecule has 4 nitrogen and oxygen atoms in total. The maximum absolute atomic E-state index is 12.2. The van der Waals surface area contributed by atoms with Crippen molar-refractivity contribution in [1.29, 1.82) is 0 Å². The molecular formula is C12H7Br2F3N2O2. The zero-order chi connectivity index (χ0) is 15.6. The SMILES string of the molecule is Nc1cc(Br)cnc1Oc1ccc(OC(F)(F)F)c(Br)c1. The maximum Gasteiger partial charge on any atom is 0.573 e. The van der Waals surface area contributed by atoms with Crippen LogP contribution in [-0.4, -0.2) is 11.3 Å². The van der Waals surface area contributed by atoms with Crippen LogP contribution in [0, 0.1) is 0 Å². The predicted molar refractivity (Wildman–Crippen MR) is 77.2 cm³/mol. The van der Waals surface area contributed by atoms with Gasteiger partial charge in [0.15, 0.2) is 0 Å². The highest BCUT2D eigenvalue weighted by Crippen LogP contribution is 2.35. The standard InChI is InChI=1S/C12H7Br2F3N2O2/c13-6-3-9(18)11(19-5-6)20-7-1-2-10(8(14)4-7)21-12(15,16)17/h1-5H,18H2. The highest BCUT2D eigenvalue weighted by atomic mass is 79.9. The Balaban J connectivity index is 2.20. The van der Waals surface area contributed by atoms with Gasteiger partial charge in [-0.3, -0.25) is 0 Å². The largest absolute Gasteiger partial charge is 0.573 e. The van der Waals surface area contributed by atoms with Gasteiger partial charge in [-0.05, 0) is 56.1 Å². The van der Waals surface area contributed by atoms with Crippen molar-refractivity contribution in [3.05, 3.63) is 39.4 Å². The summed E-state index contributed by atoms with van der Waals surface area (Å²) in [4.78, 5) is 3.96. The van der Waals surface area contributed by atoms with E-state index >= 15 is 0 Å². The lowest BCUT2D eigenvalue weighted by Gasteiger charge is -2.12. The molecule has 112 valence electrons. The smallest absolute Gasteiger partial charge is 0.437 e. The summed E-state index contributed by atoms with van der Waals surface area (Å²) < 4.78 is 46.5. The first kappa shape index (κ1) is 15.9. The van der Waals surface area contributed by atoms with Crippen LogP contribution in [0.15, 0.2) is 39.4 Å². The summed E-state index contributed by atoms with van der Waals surface area (Å²) in [6, 6.07) is 5.36. The Labute approximate surface area is 134 Å². The zero-order valence-electron chi connectivity index (χ0n) is 10.1. The summed E-state index contributed by atoms with van der Waals surface area (Å²) in [6.07, 6.45) is -3.27. The number of pyridine rings is 1. The summed E-state index contributed by atoms with van der Waals surface area (Å²) >= 11 is 6.18. The van der Waals surface area contributed by atoms with Crippen molar-refractivity contribution in [3.63, 3.8) is 0 Å². The van der Waals surface area contributed by atoms with Gasteiger partial charge in [-0.15, -0.1) is 13.2 Å². The Morgan fingerprint density at radius 1 is 1.14 bits per heavy atom. The molecule has 21 heavy (non-hydrogen) atoms. The Morgan fingerprint density at radius 2 is 1.86 bits per heavy atom. The first-order valence-electron chi connectivity index (χ1n) is 5.39. The Morgan fingerprint density at radius 3 is 2.43 bits per heavy atom. The van der Waals surface area contributed by atoms with Gasteiger partial charge in [-0.1, -0.05) is 0 Å². The average Bonchev–Trinajstić information content (AvgIpc) is 2.35. The van der Waals surface area contributed by atoms with Crippen LogP contribution in [0.1, 0.15) is 0 Å². The van der Waals surface area contributed by atoms with Crippen molar-refractivity contribution in [3.8, 4) is 17.4 Å². The van der Waals surface area contributed by atoms with Crippen molar-refractivity contribution < 1.29 is 22.6 Å². The van der Waals surface area contributed by atoms with E-state index in [1.807, 2.05) is 0 Å². The molecule has 0 bridgehead atoms. The van der Waals surface area contributed by atoms with Crippen molar-refractivity contribution in [1.82, 2.24) is 4.98 Å². The van der Waals surface area contributed by atoms with Gasteiger partial charge in [0.25, 0.3) is 0 Å². The van der Waals surface area contributed by atoms with Gasteiger partial charge >= 0.3 is 6.36 Å². The number of alkyl halides is 3. The van der Waals surface area contributed by atoms with E-state index in [2.05, 4.69) is 41.6 Å². The fourth-order valence-electron chi connectivity index (χ4n) is 1.39. The average molecular weight is 428 g/mol. The molecule has 0 unspecified atom stereocenters. The van der Waals surface area contributed by atoms with E-state index < -0.39 is 6.36 Å². The number of aromatic nitrogens is 1. The molecule has 0 aliphatic rings. The molecule has 0 amide bonds. The van der Waals surface area contributed by atoms with Crippen LogP contribution in [0.2, 0.25) is 0 Å². The monoisotopic (exact) mass is 426 g/mol. The Hall–Kier alpha value is -1.48. The number of benzene rings is 1. The molecule has 9 heteroatoms. The Kier molecular flexibility index (Phi) is 4.62. The second-order valence-electron chi connectivity index (χ2n) is 3.79. The molecule has 1 heterocycles. The van der Waals surface area contributed by atoms with Gasteiger partial charge in [0.05, 0.1) is 10.2 Å². The topological polar surface area (TPSA) is 57.4 Å². The lowest BCUT2D eigenvalue weighted by Crippen LogP contribution is -2.17. The second-order valence-corrected chi connectivity index (χ2v) is 5.56. The summed E-state index contributed by atoms with van der Waals surface area (Å²) in [7, 11) is 0. The molecule has 2 aromatic rings. The van der Waals surface area contributed by atoms with Gasteiger partial charge in [-0.2, -0.15) is 0 Å². The second kappa shape index (κ2) is 6.10. The number of anilines is 1. The van der Waals surface area contributed by atoms with Gasteiger partial charge in [0, 0.05) is 10.7 Å². The molecule has 0 spiro atoms. The number of hydrogen-bond donors (Lipinski definition) is 1. The molecule has 0 saturated heterocycles. The lowest BCUT2D eigenvalue weighted by atomic mass is 10.3. The molecule has 1 aromatic heterocycles. The van der Waals surface area contributed by atoms with Gasteiger partial charge in [0.1, 0.15) is 11.5 Å². The van der Waals surface area contributed by atoms with E-state index in [1.54, 1.807) is 6.07 Å². The van der Waals surface area contributed by atoms with Crippen molar-refractivity contribution in [2.75, 3.05) is 5.73 Å². The molecule has 0 atom stereocenters. The quantitative estimate of drug-likeness (QED) is 0.758. The fourth-order valence-corrected chi connectivity index (χ4v) is 2.18. The van der Waals surface area contributed by atoms with E-state index in [-0.39, 0.29) is 27.5 Å². The lowest BCUT2D eigenvalue weighted by molar-refractivity contribution is -0.274. The summed E-state index contributed by atoms with van der Waals surface area (Å²) in [5.74, 6) is 0.0408. The van der Waals surface area contributed by atoms with E-state index in [1.165, 1.54) is 18.3 Å². The zero-order valence-corrected chi connectivity index (χ0v) is 13.3. The minimum atomic E-state index is -4.76. The molecule has 0 aliphatic carbocycles. The van der Waals surface area contributed by atoms with Crippen molar-refractivity contribution in [2.24, 2.45) is 0 Å². The number of nitrogen functional groups attached to an aromatic ring is 1. The van der Waals surface area contributed by atoms with Gasteiger partial charge < -0.3 is 15.2 Å². The number of ether oxygens (including phenoxy) is 2. The molecule has 2 rings (SSSR count). The summed E-state index contributed by atoms with van der Waals surface area (Å²) in [5, 5.41) is 0. The molecule has 0 fully saturated rings. The highest BCUT2D eigenvalue weighted by Gasteiger charge is 2.32. The van der Waals surface area contributed by atoms with Gasteiger partial charge in [0.2, 0.25) is 5.88 Å². The minimum Gasteiger partial charge on any atom is -0.437 e. The summed E-state index contributed by atoms with van der Waals surface area (Å²) in [5.41, 5.74) is 6.01.